The number of nitrogens with zero attached hydrogens (tertiary/aromatic N) is 3. The molecule has 1 saturated carbocycles. The first-order chi connectivity index (χ1) is 17.3. The number of carbonyl (C=O) groups excluding carboxylic acids is 1. The van der Waals surface area contributed by atoms with Gasteiger partial charge in [-0.25, -0.2) is 14.2 Å². The third-order valence-corrected chi connectivity index (χ3v) is 5.97. The Kier molecular flexibility index (Phi) is 5.82. The van der Waals surface area contributed by atoms with E-state index in [-0.39, 0.29) is 40.6 Å². The molecule has 5 rings (SSSR count). The first kappa shape index (κ1) is 23.0. The third kappa shape index (κ3) is 4.46. The summed E-state index contributed by atoms with van der Waals surface area (Å²) in [6.45, 7) is 0.0621. The Morgan fingerprint density at radius 1 is 1.25 bits per heavy atom. The molecule has 0 radical (unpaired) electrons. The number of aromatic nitrogens is 3. The number of amides is 1. The number of pyridine rings is 1. The van der Waals surface area contributed by atoms with Gasteiger partial charge in [0, 0.05) is 30.4 Å². The number of ether oxygens (including phenoxy) is 1. The summed E-state index contributed by atoms with van der Waals surface area (Å²) < 4.78 is 21.4. The van der Waals surface area contributed by atoms with Crippen molar-refractivity contribution in [2.75, 3.05) is 5.32 Å². The van der Waals surface area contributed by atoms with Crippen LogP contribution >= 0.6 is 0 Å². The lowest BCUT2D eigenvalue weighted by molar-refractivity contribution is 0.102. The van der Waals surface area contributed by atoms with Gasteiger partial charge in [0.2, 0.25) is 0 Å². The molecule has 0 saturated heterocycles. The summed E-state index contributed by atoms with van der Waals surface area (Å²) in [6.07, 6.45) is 1.81. The van der Waals surface area contributed by atoms with E-state index in [0.717, 1.165) is 18.9 Å². The van der Waals surface area contributed by atoms with Crippen LogP contribution in [-0.2, 0) is 13.7 Å². The van der Waals surface area contributed by atoms with Crippen LogP contribution in [0.4, 0.5) is 10.1 Å². The Labute approximate surface area is 203 Å². The molecule has 2 aromatic carbocycles. The van der Waals surface area contributed by atoms with Crippen LogP contribution in [0.1, 0.15) is 45.9 Å². The summed E-state index contributed by atoms with van der Waals surface area (Å²) in [5, 5.41) is 11.6. The molecule has 9 nitrogen and oxygen atoms in total. The smallest absolute Gasteiger partial charge is 0.329 e. The lowest BCUT2D eigenvalue weighted by Gasteiger charge is -2.12. The highest BCUT2D eigenvalue weighted by atomic mass is 19.1. The standard InChI is InChI=1S/C26H20FN5O4/c1-32-23-22(25(34)31-26(32)35)18(11-20(30-23)16-5-6-16)24(33)29-17-7-8-21(19(27)10-17)36-13-15-4-2-3-14(9-15)12-28/h2-4,7-11,16H,5-6,13H2,1H3,(H,29,33)(H,31,34,35). The summed E-state index contributed by atoms with van der Waals surface area (Å²) in [4.78, 5) is 44.5. The maximum absolute atomic E-state index is 14.7. The average molecular weight is 485 g/mol. The molecule has 0 unspecified atom stereocenters. The number of hydrogen-bond acceptors (Lipinski definition) is 6. The van der Waals surface area contributed by atoms with E-state index < -0.39 is 23.0 Å². The number of hydrogen-bond donors (Lipinski definition) is 2. The molecule has 0 bridgehead atoms. The predicted molar refractivity (Wildman–Crippen MR) is 129 cm³/mol. The monoisotopic (exact) mass is 485 g/mol. The molecule has 1 aliphatic carbocycles. The predicted octanol–water partition coefficient (Wildman–Crippen LogP) is 3.34. The van der Waals surface area contributed by atoms with Crippen LogP contribution in [0, 0.1) is 17.1 Å². The van der Waals surface area contributed by atoms with Gasteiger partial charge >= 0.3 is 5.69 Å². The molecule has 0 spiro atoms. The SMILES string of the molecule is Cn1c(=O)[nH]c(=O)c2c(C(=O)Nc3ccc(OCc4cccc(C#N)c4)c(F)c3)cc(C3CC3)nc21. The van der Waals surface area contributed by atoms with Crippen molar-refractivity contribution in [3.63, 3.8) is 0 Å². The number of fused-ring (bicyclic) bond motifs is 1. The van der Waals surface area contributed by atoms with Crippen LogP contribution < -0.4 is 21.3 Å². The zero-order chi connectivity index (χ0) is 25.4. The molecular formula is C26H20FN5O4. The Morgan fingerprint density at radius 2 is 2.06 bits per heavy atom. The second-order valence-electron chi connectivity index (χ2n) is 8.59. The van der Waals surface area contributed by atoms with E-state index in [4.69, 9.17) is 10.00 Å². The number of nitriles is 1. The van der Waals surface area contributed by atoms with Crippen molar-refractivity contribution in [1.82, 2.24) is 14.5 Å². The highest BCUT2D eigenvalue weighted by Crippen LogP contribution is 2.40. The molecule has 1 fully saturated rings. The van der Waals surface area contributed by atoms with Gasteiger partial charge in [-0.15, -0.1) is 0 Å². The van der Waals surface area contributed by atoms with E-state index in [9.17, 15) is 18.8 Å². The van der Waals surface area contributed by atoms with E-state index in [1.807, 2.05) is 6.07 Å². The minimum absolute atomic E-state index is 0.0148. The number of carbonyl (C=O) groups is 1. The molecule has 2 N–H and O–H groups in total. The summed E-state index contributed by atoms with van der Waals surface area (Å²) in [6, 6.07) is 14.4. The number of benzene rings is 2. The summed E-state index contributed by atoms with van der Waals surface area (Å²) in [7, 11) is 1.47. The number of anilines is 1. The third-order valence-electron chi connectivity index (χ3n) is 5.97. The molecule has 1 amide bonds. The lowest BCUT2D eigenvalue weighted by Crippen LogP contribution is -2.31. The second kappa shape index (κ2) is 9.11. The Balaban J connectivity index is 1.41. The van der Waals surface area contributed by atoms with Crippen LogP contribution in [0.2, 0.25) is 0 Å². The summed E-state index contributed by atoms with van der Waals surface area (Å²) in [5.41, 5.74) is 0.799. The number of H-pyrrole nitrogens is 1. The van der Waals surface area contributed by atoms with Crippen molar-refractivity contribution in [3.8, 4) is 11.8 Å². The molecule has 1 aliphatic rings. The lowest BCUT2D eigenvalue weighted by atomic mass is 10.1. The molecular weight excluding hydrogens is 465 g/mol. The summed E-state index contributed by atoms with van der Waals surface area (Å²) >= 11 is 0. The molecule has 180 valence electrons. The zero-order valence-corrected chi connectivity index (χ0v) is 19.2. The van der Waals surface area contributed by atoms with Crippen molar-refractivity contribution in [2.45, 2.75) is 25.4 Å². The Morgan fingerprint density at radius 3 is 2.78 bits per heavy atom. The topological polar surface area (TPSA) is 130 Å². The number of rotatable bonds is 6. The first-order valence-electron chi connectivity index (χ1n) is 11.2. The Hall–Kier alpha value is -4.78. The second-order valence-corrected chi connectivity index (χ2v) is 8.59. The average Bonchev–Trinajstić information content (AvgIpc) is 3.72. The van der Waals surface area contributed by atoms with E-state index >= 15 is 0 Å². The van der Waals surface area contributed by atoms with E-state index in [2.05, 4.69) is 15.3 Å². The van der Waals surface area contributed by atoms with Crippen molar-refractivity contribution in [2.24, 2.45) is 7.05 Å². The fourth-order valence-electron chi connectivity index (χ4n) is 3.91. The molecule has 4 aromatic rings. The van der Waals surface area contributed by atoms with Gasteiger partial charge in [0.15, 0.2) is 11.6 Å². The Bertz CT molecular complexity index is 1680. The van der Waals surface area contributed by atoms with Crippen molar-refractivity contribution < 1.29 is 13.9 Å². The maximum Gasteiger partial charge on any atom is 0.329 e. The van der Waals surface area contributed by atoms with Crippen molar-refractivity contribution in [3.05, 3.63) is 97.6 Å². The molecule has 0 atom stereocenters. The fraction of sp³-hybridized carbons (Fsp3) is 0.192. The van der Waals surface area contributed by atoms with Gasteiger partial charge in [0.25, 0.3) is 11.5 Å². The van der Waals surface area contributed by atoms with Gasteiger partial charge in [-0.2, -0.15) is 5.26 Å². The first-order valence-corrected chi connectivity index (χ1v) is 11.2. The number of aromatic amines is 1. The van der Waals surface area contributed by atoms with E-state index in [0.29, 0.717) is 16.8 Å². The molecule has 2 aromatic heterocycles. The van der Waals surface area contributed by atoms with Crippen LogP contribution in [0.25, 0.3) is 11.0 Å². The van der Waals surface area contributed by atoms with Gasteiger partial charge in [-0.3, -0.25) is 19.1 Å². The van der Waals surface area contributed by atoms with Gasteiger partial charge in [-0.1, -0.05) is 12.1 Å². The largest absolute Gasteiger partial charge is 0.486 e. The number of aryl methyl sites for hydroxylation is 1. The summed E-state index contributed by atoms with van der Waals surface area (Å²) in [5.74, 6) is -1.18. The van der Waals surface area contributed by atoms with Crippen LogP contribution in [0.15, 0.2) is 58.1 Å². The van der Waals surface area contributed by atoms with Crippen LogP contribution in [0.3, 0.4) is 0 Å². The van der Waals surface area contributed by atoms with E-state index in [1.165, 1.54) is 23.7 Å². The number of nitrogens with one attached hydrogen (secondary N) is 2. The highest BCUT2D eigenvalue weighted by Gasteiger charge is 2.28. The van der Waals surface area contributed by atoms with E-state index in [1.54, 1.807) is 30.3 Å². The maximum atomic E-state index is 14.7. The van der Waals surface area contributed by atoms with Crippen LogP contribution in [0.5, 0.6) is 5.75 Å². The molecule has 0 aliphatic heterocycles. The highest BCUT2D eigenvalue weighted by molar-refractivity contribution is 6.11. The van der Waals surface area contributed by atoms with Gasteiger partial charge in [-0.05, 0) is 48.7 Å². The van der Waals surface area contributed by atoms with Crippen molar-refractivity contribution >= 4 is 22.6 Å². The quantitative estimate of drug-likeness (QED) is 0.431. The molecule has 10 heteroatoms. The molecule has 36 heavy (non-hydrogen) atoms. The number of halogens is 1. The minimum atomic E-state index is -0.719. The minimum Gasteiger partial charge on any atom is -0.486 e. The normalized spacial score (nSPS) is 12.8. The molecule has 2 heterocycles. The van der Waals surface area contributed by atoms with Crippen LogP contribution in [-0.4, -0.2) is 20.4 Å². The van der Waals surface area contributed by atoms with Crippen molar-refractivity contribution in [1.29, 1.82) is 5.26 Å². The van der Waals surface area contributed by atoms with Gasteiger partial charge in [0.1, 0.15) is 12.3 Å². The van der Waals surface area contributed by atoms with Gasteiger partial charge < -0.3 is 10.1 Å². The van der Waals surface area contributed by atoms with Gasteiger partial charge in [0.05, 0.1) is 22.6 Å². The fourth-order valence-corrected chi connectivity index (χ4v) is 3.91. The zero-order valence-electron chi connectivity index (χ0n) is 19.2.